The Kier molecular flexibility index (Phi) is 4.50. The summed E-state index contributed by atoms with van der Waals surface area (Å²) in [5.74, 6) is -1.10. The van der Waals surface area contributed by atoms with E-state index < -0.39 is 12.0 Å². The maximum Gasteiger partial charge on any atom is 0.328 e. The summed E-state index contributed by atoms with van der Waals surface area (Å²) in [5.41, 5.74) is 0.342. The van der Waals surface area contributed by atoms with Crippen molar-refractivity contribution in [1.82, 2.24) is 4.90 Å². The molecule has 5 heteroatoms. The molecular formula is C15H16FNO3. The Morgan fingerprint density at radius 3 is 2.85 bits per heavy atom. The van der Waals surface area contributed by atoms with Crippen molar-refractivity contribution in [1.29, 1.82) is 0 Å². The Bertz CT molecular complexity index is 542. The molecule has 0 radical (unpaired) electrons. The molecular weight excluding hydrogens is 261 g/mol. The van der Waals surface area contributed by atoms with Gasteiger partial charge in [-0.2, -0.15) is 0 Å². The summed E-state index contributed by atoms with van der Waals surface area (Å²) in [6, 6.07) is 5.67. The molecule has 1 saturated heterocycles. The summed E-state index contributed by atoms with van der Waals surface area (Å²) < 4.78 is 18.1. The summed E-state index contributed by atoms with van der Waals surface area (Å²) in [7, 11) is 1.30. The normalized spacial score (nSPS) is 18.5. The first kappa shape index (κ1) is 14.2. The van der Waals surface area contributed by atoms with Crippen molar-refractivity contribution in [3.8, 4) is 0 Å². The average molecular weight is 277 g/mol. The lowest BCUT2D eigenvalue weighted by molar-refractivity contribution is -0.149. The van der Waals surface area contributed by atoms with Gasteiger partial charge in [-0.25, -0.2) is 9.18 Å². The van der Waals surface area contributed by atoms with Gasteiger partial charge in [0, 0.05) is 18.2 Å². The molecule has 1 fully saturated rings. The molecule has 0 N–H and O–H groups in total. The third kappa shape index (κ3) is 3.04. The van der Waals surface area contributed by atoms with E-state index >= 15 is 0 Å². The second kappa shape index (κ2) is 6.32. The van der Waals surface area contributed by atoms with Crippen molar-refractivity contribution in [3.05, 3.63) is 41.7 Å². The van der Waals surface area contributed by atoms with E-state index in [4.69, 9.17) is 0 Å². The van der Waals surface area contributed by atoms with E-state index in [0.717, 1.165) is 6.42 Å². The van der Waals surface area contributed by atoms with Crippen LogP contribution in [0.5, 0.6) is 0 Å². The van der Waals surface area contributed by atoms with Crippen LogP contribution >= 0.6 is 0 Å². The second-order valence-electron chi connectivity index (χ2n) is 4.57. The minimum atomic E-state index is -0.530. The topological polar surface area (TPSA) is 46.6 Å². The van der Waals surface area contributed by atoms with Crippen LogP contribution in [-0.4, -0.2) is 36.5 Å². The smallest absolute Gasteiger partial charge is 0.328 e. The Morgan fingerprint density at radius 1 is 1.40 bits per heavy atom. The Balaban J connectivity index is 2.08. The van der Waals surface area contributed by atoms with Gasteiger partial charge >= 0.3 is 5.97 Å². The van der Waals surface area contributed by atoms with Crippen LogP contribution in [0.4, 0.5) is 4.39 Å². The van der Waals surface area contributed by atoms with E-state index in [1.165, 1.54) is 30.2 Å². The lowest BCUT2D eigenvalue weighted by Gasteiger charge is -2.20. The van der Waals surface area contributed by atoms with Gasteiger partial charge in [-0.1, -0.05) is 18.2 Å². The number of amides is 1. The third-order valence-electron chi connectivity index (χ3n) is 3.32. The maximum absolute atomic E-state index is 13.4. The lowest BCUT2D eigenvalue weighted by atomic mass is 10.2. The number of halogens is 1. The molecule has 1 aromatic rings. The first-order valence-corrected chi connectivity index (χ1v) is 6.44. The van der Waals surface area contributed by atoms with E-state index in [0.29, 0.717) is 18.5 Å². The highest BCUT2D eigenvalue weighted by Crippen LogP contribution is 2.19. The fourth-order valence-electron chi connectivity index (χ4n) is 2.28. The van der Waals surface area contributed by atoms with Gasteiger partial charge in [0.05, 0.1) is 7.11 Å². The van der Waals surface area contributed by atoms with Crippen LogP contribution in [0.15, 0.2) is 30.3 Å². The zero-order chi connectivity index (χ0) is 14.5. The van der Waals surface area contributed by atoms with Gasteiger partial charge in [0.1, 0.15) is 11.9 Å². The minimum Gasteiger partial charge on any atom is -0.467 e. The average Bonchev–Trinajstić information content (AvgIpc) is 2.94. The largest absolute Gasteiger partial charge is 0.467 e. The van der Waals surface area contributed by atoms with E-state index in [9.17, 15) is 14.0 Å². The highest BCUT2D eigenvalue weighted by Gasteiger charge is 2.33. The predicted molar refractivity (Wildman–Crippen MR) is 72.2 cm³/mol. The predicted octanol–water partition coefficient (Wildman–Crippen LogP) is 2.00. The minimum absolute atomic E-state index is 0.304. The molecule has 0 aromatic heterocycles. The summed E-state index contributed by atoms with van der Waals surface area (Å²) in [6.45, 7) is 0.514. The van der Waals surface area contributed by atoms with Crippen molar-refractivity contribution in [2.75, 3.05) is 13.7 Å². The standard InChI is InChI=1S/C15H16FNO3/c1-20-15(19)13-7-4-10-17(13)14(18)9-8-11-5-2-3-6-12(11)16/h2-3,5-6,8-9,13H,4,7,10H2,1H3/b9-8+. The molecule has 1 unspecified atom stereocenters. The monoisotopic (exact) mass is 277 g/mol. The molecule has 4 nitrogen and oxygen atoms in total. The molecule has 1 aliphatic rings. The quantitative estimate of drug-likeness (QED) is 0.627. The van der Waals surface area contributed by atoms with Gasteiger partial charge in [-0.15, -0.1) is 0 Å². The van der Waals surface area contributed by atoms with Crippen molar-refractivity contribution in [2.24, 2.45) is 0 Å². The third-order valence-corrected chi connectivity index (χ3v) is 3.32. The van der Waals surface area contributed by atoms with Gasteiger partial charge in [-0.05, 0) is 25.0 Å². The molecule has 1 heterocycles. The van der Waals surface area contributed by atoms with E-state index in [1.54, 1.807) is 18.2 Å². The van der Waals surface area contributed by atoms with Crippen molar-refractivity contribution in [3.63, 3.8) is 0 Å². The van der Waals surface area contributed by atoms with Crippen LogP contribution in [0.3, 0.4) is 0 Å². The summed E-state index contributed by atoms with van der Waals surface area (Å²) in [5, 5.41) is 0. The van der Waals surface area contributed by atoms with Crippen LogP contribution < -0.4 is 0 Å². The molecule has 0 spiro atoms. The Morgan fingerprint density at radius 2 is 2.15 bits per heavy atom. The molecule has 1 aromatic carbocycles. The highest BCUT2D eigenvalue weighted by atomic mass is 19.1. The van der Waals surface area contributed by atoms with Gasteiger partial charge in [0.15, 0.2) is 0 Å². The number of nitrogens with zero attached hydrogens (tertiary/aromatic N) is 1. The first-order chi connectivity index (χ1) is 9.63. The molecule has 0 aliphatic carbocycles. The van der Waals surface area contributed by atoms with Crippen LogP contribution in [0.1, 0.15) is 18.4 Å². The van der Waals surface area contributed by atoms with E-state index in [2.05, 4.69) is 4.74 Å². The first-order valence-electron chi connectivity index (χ1n) is 6.44. The molecule has 20 heavy (non-hydrogen) atoms. The van der Waals surface area contributed by atoms with Crippen LogP contribution in [-0.2, 0) is 14.3 Å². The van der Waals surface area contributed by atoms with Crippen molar-refractivity contribution >= 4 is 18.0 Å². The second-order valence-corrected chi connectivity index (χ2v) is 4.57. The fourth-order valence-corrected chi connectivity index (χ4v) is 2.28. The number of carbonyl (C=O) groups is 2. The molecule has 1 atom stereocenters. The summed E-state index contributed by atoms with van der Waals surface area (Å²) >= 11 is 0. The van der Waals surface area contributed by atoms with Gasteiger partial charge in [-0.3, -0.25) is 4.79 Å². The fraction of sp³-hybridized carbons (Fsp3) is 0.333. The highest BCUT2D eigenvalue weighted by molar-refractivity contribution is 5.95. The number of methoxy groups -OCH3 is 1. The number of hydrogen-bond donors (Lipinski definition) is 0. The van der Waals surface area contributed by atoms with Crippen LogP contribution in [0.2, 0.25) is 0 Å². The lowest BCUT2D eigenvalue weighted by Crippen LogP contribution is -2.40. The van der Waals surface area contributed by atoms with Crippen LogP contribution in [0.25, 0.3) is 6.08 Å². The zero-order valence-electron chi connectivity index (χ0n) is 11.2. The van der Waals surface area contributed by atoms with Crippen molar-refractivity contribution < 1.29 is 18.7 Å². The van der Waals surface area contributed by atoms with Gasteiger partial charge in [0.2, 0.25) is 5.91 Å². The maximum atomic E-state index is 13.4. The van der Waals surface area contributed by atoms with Crippen molar-refractivity contribution in [2.45, 2.75) is 18.9 Å². The molecule has 1 aliphatic heterocycles. The van der Waals surface area contributed by atoms with Gasteiger partial charge < -0.3 is 9.64 Å². The zero-order valence-corrected chi connectivity index (χ0v) is 11.2. The number of carbonyl (C=O) groups excluding carboxylic acids is 2. The molecule has 0 bridgehead atoms. The molecule has 0 saturated carbocycles. The van der Waals surface area contributed by atoms with Gasteiger partial charge in [0.25, 0.3) is 0 Å². The van der Waals surface area contributed by atoms with E-state index in [1.807, 2.05) is 0 Å². The van der Waals surface area contributed by atoms with Crippen LogP contribution in [0, 0.1) is 5.82 Å². The van der Waals surface area contributed by atoms with E-state index in [-0.39, 0.29) is 11.7 Å². The SMILES string of the molecule is COC(=O)C1CCCN1C(=O)/C=C/c1ccccc1F. The number of esters is 1. The summed E-state index contributed by atoms with van der Waals surface area (Å²) in [4.78, 5) is 25.1. The molecule has 106 valence electrons. The number of hydrogen-bond acceptors (Lipinski definition) is 3. The number of ether oxygens (including phenoxy) is 1. The number of likely N-dealkylation sites (tertiary alicyclic amines) is 1. The summed E-state index contributed by atoms with van der Waals surface area (Å²) in [6.07, 6.45) is 4.08. The number of benzene rings is 1. The molecule has 2 rings (SSSR count). The Labute approximate surface area is 116 Å². The molecule has 1 amide bonds. The number of rotatable bonds is 3. The Hall–Kier alpha value is -2.17.